The first-order valence-electron chi connectivity index (χ1n) is 8.04. The van der Waals surface area contributed by atoms with Gasteiger partial charge >= 0.3 is 0 Å². The Bertz CT molecular complexity index is 729. The number of aromatic nitrogens is 1. The minimum Gasteiger partial charge on any atom is -0.379 e. The van der Waals surface area contributed by atoms with Gasteiger partial charge in [0.1, 0.15) is 5.69 Å². The maximum Gasteiger partial charge on any atom is 0.292 e. The third kappa shape index (κ3) is 4.24. The van der Waals surface area contributed by atoms with Crippen LogP contribution in [0, 0.1) is 10.1 Å². The van der Waals surface area contributed by atoms with Crippen LogP contribution >= 0.6 is 11.3 Å². The van der Waals surface area contributed by atoms with Gasteiger partial charge in [0.2, 0.25) is 5.91 Å². The van der Waals surface area contributed by atoms with Gasteiger partial charge in [0.15, 0.2) is 5.13 Å². The summed E-state index contributed by atoms with van der Waals surface area (Å²) in [5.74, 6) is 0.0601. The zero-order chi connectivity index (χ0) is 17.6. The summed E-state index contributed by atoms with van der Waals surface area (Å²) in [6.45, 7) is 3.26. The molecule has 0 spiro atoms. The van der Waals surface area contributed by atoms with Crippen LogP contribution in [-0.4, -0.2) is 53.4 Å². The van der Waals surface area contributed by atoms with Crippen molar-refractivity contribution in [1.82, 2.24) is 9.88 Å². The third-order valence-corrected chi connectivity index (χ3v) is 4.91. The fourth-order valence-electron chi connectivity index (χ4n) is 2.76. The van der Waals surface area contributed by atoms with Crippen molar-refractivity contribution in [3.63, 3.8) is 0 Å². The molecule has 1 saturated heterocycles. The third-order valence-electron chi connectivity index (χ3n) is 4.08. The molecule has 0 unspecified atom stereocenters. The van der Waals surface area contributed by atoms with E-state index in [1.807, 2.05) is 10.3 Å². The number of thiazole rings is 1. The van der Waals surface area contributed by atoms with Gasteiger partial charge in [-0.1, -0.05) is 12.1 Å². The van der Waals surface area contributed by atoms with Crippen molar-refractivity contribution in [2.45, 2.75) is 6.42 Å². The SMILES string of the molecule is O=C(CCNc1ccccc1[N+](=O)[O-])N1CCN(c2nccs2)CC1. The van der Waals surface area contributed by atoms with Crippen LogP contribution in [0.2, 0.25) is 0 Å². The van der Waals surface area contributed by atoms with E-state index in [-0.39, 0.29) is 11.6 Å². The predicted octanol–water partition coefficient (Wildman–Crippen LogP) is 2.20. The van der Waals surface area contributed by atoms with Crippen LogP contribution in [0.1, 0.15) is 6.42 Å². The van der Waals surface area contributed by atoms with Gasteiger partial charge in [-0.15, -0.1) is 11.3 Å². The van der Waals surface area contributed by atoms with Gasteiger partial charge in [0.05, 0.1) is 4.92 Å². The Morgan fingerprint density at radius 1 is 1.28 bits per heavy atom. The molecule has 2 aromatic rings. The maximum absolute atomic E-state index is 12.3. The molecule has 0 aliphatic carbocycles. The van der Waals surface area contributed by atoms with Gasteiger partial charge in [0, 0.05) is 56.8 Å². The molecule has 132 valence electrons. The second-order valence-corrected chi connectivity index (χ2v) is 6.51. The number of para-hydroxylation sites is 2. The molecule has 8 nitrogen and oxygen atoms in total. The molecule has 2 heterocycles. The van der Waals surface area contributed by atoms with Crippen LogP contribution in [0.25, 0.3) is 0 Å². The molecule has 1 aliphatic rings. The van der Waals surface area contributed by atoms with Crippen LogP contribution in [0.4, 0.5) is 16.5 Å². The molecule has 0 atom stereocenters. The van der Waals surface area contributed by atoms with Gasteiger partial charge in [-0.25, -0.2) is 4.98 Å². The Balaban J connectivity index is 1.45. The highest BCUT2D eigenvalue weighted by atomic mass is 32.1. The molecule has 1 N–H and O–H groups in total. The maximum atomic E-state index is 12.3. The summed E-state index contributed by atoms with van der Waals surface area (Å²) in [5.41, 5.74) is 0.459. The molecule has 1 aromatic heterocycles. The number of nitrogens with one attached hydrogen (secondary N) is 1. The highest BCUT2D eigenvalue weighted by Gasteiger charge is 2.22. The molecule has 3 rings (SSSR count). The fraction of sp³-hybridized carbons (Fsp3) is 0.375. The van der Waals surface area contributed by atoms with E-state index in [0.717, 1.165) is 18.2 Å². The Morgan fingerprint density at radius 3 is 2.72 bits per heavy atom. The van der Waals surface area contributed by atoms with E-state index in [1.165, 1.54) is 6.07 Å². The zero-order valence-electron chi connectivity index (χ0n) is 13.6. The van der Waals surface area contributed by atoms with Crippen LogP contribution in [-0.2, 0) is 4.79 Å². The number of amides is 1. The second kappa shape index (κ2) is 7.93. The number of nitrogens with zero attached hydrogens (tertiary/aromatic N) is 4. The highest BCUT2D eigenvalue weighted by molar-refractivity contribution is 7.13. The lowest BCUT2D eigenvalue weighted by Crippen LogP contribution is -2.49. The number of hydrogen-bond acceptors (Lipinski definition) is 7. The van der Waals surface area contributed by atoms with Crippen molar-refractivity contribution < 1.29 is 9.72 Å². The molecule has 9 heteroatoms. The molecular formula is C16H19N5O3S. The van der Waals surface area contributed by atoms with Crippen LogP contribution in [0.3, 0.4) is 0 Å². The van der Waals surface area contributed by atoms with Crippen molar-refractivity contribution in [3.05, 3.63) is 46.0 Å². The average molecular weight is 361 g/mol. The first-order valence-corrected chi connectivity index (χ1v) is 8.92. The van der Waals surface area contributed by atoms with Crippen molar-refractivity contribution >= 4 is 33.8 Å². The summed E-state index contributed by atoms with van der Waals surface area (Å²) in [4.78, 5) is 31.2. The number of carbonyl (C=O) groups is 1. The smallest absolute Gasteiger partial charge is 0.292 e. The molecule has 1 aromatic carbocycles. The van der Waals surface area contributed by atoms with Crippen LogP contribution in [0.15, 0.2) is 35.8 Å². The fourth-order valence-corrected chi connectivity index (χ4v) is 3.46. The van der Waals surface area contributed by atoms with E-state index in [2.05, 4.69) is 15.2 Å². The number of anilines is 2. The standard InChI is InChI=1S/C16H19N5O3S/c22-15(5-6-17-13-3-1-2-4-14(13)21(23)24)19-8-10-20(11-9-19)16-18-7-12-25-16/h1-4,7,12,17H,5-6,8-11H2. The minimum atomic E-state index is -0.429. The predicted molar refractivity (Wildman–Crippen MR) is 97.1 cm³/mol. The minimum absolute atomic E-state index is 0.0204. The Kier molecular flexibility index (Phi) is 5.44. The number of nitro groups is 1. The van der Waals surface area contributed by atoms with E-state index >= 15 is 0 Å². The lowest BCUT2D eigenvalue weighted by Gasteiger charge is -2.34. The quantitative estimate of drug-likeness (QED) is 0.626. The van der Waals surface area contributed by atoms with E-state index in [4.69, 9.17) is 0 Å². The van der Waals surface area contributed by atoms with E-state index in [9.17, 15) is 14.9 Å². The lowest BCUT2D eigenvalue weighted by molar-refractivity contribution is -0.384. The van der Waals surface area contributed by atoms with Crippen molar-refractivity contribution in [3.8, 4) is 0 Å². The zero-order valence-corrected chi connectivity index (χ0v) is 14.4. The van der Waals surface area contributed by atoms with Crippen LogP contribution < -0.4 is 10.2 Å². The normalized spacial score (nSPS) is 14.4. The molecule has 0 radical (unpaired) electrons. The van der Waals surface area contributed by atoms with Gasteiger partial charge in [-0.05, 0) is 6.07 Å². The number of benzene rings is 1. The molecular weight excluding hydrogens is 342 g/mol. The van der Waals surface area contributed by atoms with Crippen molar-refractivity contribution in [2.75, 3.05) is 42.9 Å². The number of carbonyl (C=O) groups excluding carboxylic acids is 1. The largest absolute Gasteiger partial charge is 0.379 e. The van der Waals surface area contributed by atoms with Crippen molar-refractivity contribution in [2.24, 2.45) is 0 Å². The number of piperazine rings is 1. The highest BCUT2D eigenvalue weighted by Crippen LogP contribution is 2.23. The topological polar surface area (TPSA) is 91.6 Å². The number of nitro benzene ring substituents is 1. The summed E-state index contributed by atoms with van der Waals surface area (Å²) in [5, 5.41) is 16.9. The summed E-state index contributed by atoms with van der Waals surface area (Å²) in [7, 11) is 0. The Hall–Kier alpha value is -2.68. The van der Waals surface area contributed by atoms with Gasteiger partial charge < -0.3 is 15.1 Å². The molecule has 0 bridgehead atoms. The molecule has 1 fully saturated rings. The number of hydrogen-bond donors (Lipinski definition) is 1. The van der Waals surface area contributed by atoms with Gasteiger partial charge in [-0.2, -0.15) is 0 Å². The summed E-state index contributed by atoms with van der Waals surface area (Å²) < 4.78 is 0. The monoisotopic (exact) mass is 361 g/mol. The molecule has 0 saturated carbocycles. The first-order chi connectivity index (χ1) is 12.1. The Labute approximate surface area is 149 Å². The van der Waals surface area contributed by atoms with Crippen LogP contribution in [0.5, 0.6) is 0 Å². The molecule has 1 aliphatic heterocycles. The summed E-state index contributed by atoms with van der Waals surface area (Å²) >= 11 is 1.60. The van der Waals surface area contributed by atoms with Gasteiger partial charge in [0.25, 0.3) is 5.69 Å². The second-order valence-electron chi connectivity index (χ2n) is 5.63. The van der Waals surface area contributed by atoms with Crippen molar-refractivity contribution in [1.29, 1.82) is 0 Å². The first kappa shape index (κ1) is 17.2. The summed E-state index contributed by atoms with van der Waals surface area (Å²) in [6.07, 6.45) is 2.09. The molecule has 1 amide bonds. The van der Waals surface area contributed by atoms with E-state index in [0.29, 0.717) is 31.7 Å². The molecule has 25 heavy (non-hydrogen) atoms. The lowest BCUT2D eigenvalue weighted by atomic mass is 10.2. The average Bonchev–Trinajstić information content (AvgIpc) is 3.17. The van der Waals surface area contributed by atoms with E-state index < -0.39 is 4.92 Å². The number of rotatable bonds is 6. The Morgan fingerprint density at radius 2 is 2.04 bits per heavy atom. The van der Waals surface area contributed by atoms with E-state index in [1.54, 1.807) is 35.7 Å². The summed E-state index contributed by atoms with van der Waals surface area (Å²) in [6, 6.07) is 6.45. The van der Waals surface area contributed by atoms with Gasteiger partial charge in [-0.3, -0.25) is 14.9 Å².